The Morgan fingerprint density at radius 1 is 1.06 bits per heavy atom. The van der Waals surface area contributed by atoms with E-state index in [1.54, 1.807) is 6.92 Å². The fourth-order valence-electron chi connectivity index (χ4n) is 3.06. The summed E-state index contributed by atoms with van der Waals surface area (Å²) in [6, 6.07) is -3.86. The van der Waals surface area contributed by atoms with Crippen molar-refractivity contribution in [3.8, 4) is 0 Å². The highest BCUT2D eigenvalue weighted by Crippen LogP contribution is 2.09. The monoisotopic (exact) mass is 452 g/mol. The first-order chi connectivity index (χ1) is 15.0. The highest BCUT2D eigenvalue weighted by atomic mass is 16.4. The number of imidazole rings is 1. The Bertz CT molecular complexity index is 767. The molecule has 11 heteroatoms. The zero-order valence-corrected chi connectivity index (χ0v) is 19.3. The molecule has 0 radical (unpaired) electrons. The molecule has 1 rings (SSSR count). The van der Waals surface area contributed by atoms with Gasteiger partial charge < -0.3 is 31.8 Å². The molecule has 0 bridgehead atoms. The first-order valence-corrected chi connectivity index (χ1v) is 10.8. The SMILES string of the molecule is CCC(C)C(NC(=O)C(Cc1cnc[nH]1)NC(=O)C(C)NC(=O)C(N)CC(C)C)C(=O)O. The molecule has 11 nitrogen and oxygen atoms in total. The van der Waals surface area contributed by atoms with Crippen molar-refractivity contribution in [1.82, 2.24) is 25.9 Å². The van der Waals surface area contributed by atoms with Crippen LogP contribution in [0.2, 0.25) is 0 Å². The van der Waals surface area contributed by atoms with Crippen molar-refractivity contribution in [2.75, 3.05) is 0 Å². The van der Waals surface area contributed by atoms with Crippen molar-refractivity contribution in [3.63, 3.8) is 0 Å². The van der Waals surface area contributed by atoms with Crippen molar-refractivity contribution >= 4 is 23.7 Å². The number of nitrogens with two attached hydrogens (primary N) is 1. The molecule has 180 valence electrons. The van der Waals surface area contributed by atoms with E-state index in [1.165, 1.54) is 19.4 Å². The molecule has 0 aliphatic rings. The number of aromatic nitrogens is 2. The Hall–Kier alpha value is -2.95. The van der Waals surface area contributed by atoms with Crippen molar-refractivity contribution in [2.24, 2.45) is 17.6 Å². The average Bonchev–Trinajstić information content (AvgIpc) is 3.22. The van der Waals surface area contributed by atoms with Crippen LogP contribution in [0.25, 0.3) is 0 Å². The standard InChI is InChI=1S/C21H36N6O5/c1-6-12(4)17(21(31)32)27-20(30)16(8-14-9-23-10-24-14)26-18(28)13(5)25-19(29)15(22)7-11(2)3/h9-13,15-17H,6-8,22H2,1-5H3,(H,23,24)(H,25,29)(H,26,28)(H,27,30)(H,31,32). The summed E-state index contributed by atoms with van der Waals surface area (Å²) in [5.41, 5.74) is 6.44. The second kappa shape index (κ2) is 12.8. The van der Waals surface area contributed by atoms with Gasteiger partial charge in [-0.2, -0.15) is 0 Å². The van der Waals surface area contributed by atoms with E-state index < -0.39 is 47.9 Å². The number of hydrogen-bond donors (Lipinski definition) is 6. The molecular formula is C21H36N6O5. The summed E-state index contributed by atoms with van der Waals surface area (Å²) in [4.78, 5) is 56.1. The number of hydrogen-bond acceptors (Lipinski definition) is 6. The van der Waals surface area contributed by atoms with E-state index in [2.05, 4.69) is 25.9 Å². The van der Waals surface area contributed by atoms with E-state index >= 15 is 0 Å². The van der Waals surface area contributed by atoms with Crippen LogP contribution in [0.1, 0.15) is 53.2 Å². The summed E-state index contributed by atoms with van der Waals surface area (Å²) < 4.78 is 0. The average molecular weight is 453 g/mol. The molecule has 3 amide bonds. The van der Waals surface area contributed by atoms with Crippen molar-refractivity contribution in [3.05, 3.63) is 18.2 Å². The molecule has 0 aliphatic heterocycles. The largest absolute Gasteiger partial charge is 0.480 e. The number of carboxylic acids is 1. The molecular weight excluding hydrogens is 416 g/mol. The van der Waals surface area contributed by atoms with Crippen LogP contribution in [-0.4, -0.2) is 62.9 Å². The molecule has 5 atom stereocenters. The van der Waals surface area contributed by atoms with E-state index in [9.17, 15) is 24.3 Å². The molecule has 7 N–H and O–H groups in total. The first-order valence-electron chi connectivity index (χ1n) is 10.8. The number of aromatic amines is 1. The van der Waals surface area contributed by atoms with Gasteiger partial charge in [0.05, 0.1) is 12.4 Å². The summed E-state index contributed by atoms with van der Waals surface area (Å²) in [6.07, 6.45) is 4.03. The number of nitrogens with zero attached hydrogens (tertiary/aromatic N) is 1. The fourth-order valence-corrected chi connectivity index (χ4v) is 3.06. The zero-order valence-electron chi connectivity index (χ0n) is 19.3. The minimum atomic E-state index is -1.15. The zero-order chi connectivity index (χ0) is 24.4. The maximum atomic E-state index is 12.9. The number of aliphatic carboxylic acids is 1. The number of H-pyrrole nitrogens is 1. The van der Waals surface area contributed by atoms with Crippen LogP contribution in [0, 0.1) is 11.8 Å². The summed E-state index contributed by atoms with van der Waals surface area (Å²) >= 11 is 0. The lowest BCUT2D eigenvalue weighted by Crippen LogP contribution is -2.57. The van der Waals surface area contributed by atoms with Gasteiger partial charge in [0.1, 0.15) is 18.1 Å². The van der Waals surface area contributed by atoms with Gasteiger partial charge in [-0.15, -0.1) is 0 Å². The van der Waals surface area contributed by atoms with Crippen LogP contribution >= 0.6 is 0 Å². The number of amides is 3. The number of carbonyl (C=O) groups excluding carboxylic acids is 3. The lowest BCUT2D eigenvalue weighted by atomic mass is 9.98. The Morgan fingerprint density at radius 2 is 1.72 bits per heavy atom. The van der Waals surface area contributed by atoms with E-state index in [-0.39, 0.29) is 18.3 Å². The Kier molecular flexibility index (Phi) is 10.8. The molecule has 0 fully saturated rings. The second-order valence-corrected chi connectivity index (χ2v) is 8.52. The van der Waals surface area contributed by atoms with E-state index in [1.807, 2.05) is 20.8 Å². The summed E-state index contributed by atoms with van der Waals surface area (Å²) in [5.74, 6) is -2.94. The smallest absolute Gasteiger partial charge is 0.326 e. The molecule has 0 aliphatic carbocycles. The van der Waals surface area contributed by atoms with Crippen LogP contribution in [0.3, 0.4) is 0 Å². The highest BCUT2D eigenvalue weighted by Gasteiger charge is 2.31. The molecule has 1 heterocycles. The van der Waals surface area contributed by atoms with E-state index in [0.717, 1.165) is 0 Å². The lowest BCUT2D eigenvalue weighted by molar-refractivity contribution is -0.143. The van der Waals surface area contributed by atoms with Crippen LogP contribution in [0.5, 0.6) is 0 Å². The molecule has 32 heavy (non-hydrogen) atoms. The first kappa shape index (κ1) is 27.1. The van der Waals surface area contributed by atoms with Gasteiger partial charge in [0.25, 0.3) is 0 Å². The van der Waals surface area contributed by atoms with Gasteiger partial charge in [-0.3, -0.25) is 14.4 Å². The van der Waals surface area contributed by atoms with Crippen molar-refractivity contribution in [1.29, 1.82) is 0 Å². The van der Waals surface area contributed by atoms with Gasteiger partial charge in [-0.1, -0.05) is 34.1 Å². The van der Waals surface area contributed by atoms with E-state index in [4.69, 9.17) is 5.73 Å². The van der Waals surface area contributed by atoms with Crippen LogP contribution in [-0.2, 0) is 25.6 Å². The van der Waals surface area contributed by atoms with Crippen LogP contribution < -0.4 is 21.7 Å². The van der Waals surface area contributed by atoms with Crippen molar-refractivity contribution < 1.29 is 24.3 Å². The van der Waals surface area contributed by atoms with Gasteiger partial charge in [0, 0.05) is 18.3 Å². The van der Waals surface area contributed by atoms with Crippen LogP contribution in [0.4, 0.5) is 0 Å². The maximum Gasteiger partial charge on any atom is 0.326 e. The maximum absolute atomic E-state index is 12.9. The second-order valence-electron chi connectivity index (χ2n) is 8.52. The van der Waals surface area contributed by atoms with Gasteiger partial charge in [0.15, 0.2) is 0 Å². The highest BCUT2D eigenvalue weighted by molar-refractivity contribution is 5.94. The van der Waals surface area contributed by atoms with Gasteiger partial charge in [0.2, 0.25) is 17.7 Å². The molecule has 1 aromatic heterocycles. The third-order valence-corrected chi connectivity index (χ3v) is 5.20. The summed E-state index contributed by atoms with van der Waals surface area (Å²) in [7, 11) is 0. The number of rotatable bonds is 13. The van der Waals surface area contributed by atoms with Gasteiger partial charge in [-0.05, 0) is 25.2 Å². The molecule has 5 unspecified atom stereocenters. The third kappa shape index (κ3) is 8.66. The van der Waals surface area contributed by atoms with Crippen LogP contribution in [0.15, 0.2) is 12.5 Å². The Morgan fingerprint density at radius 3 is 2.22 bits per heavy atom. The van der Waals surface area contributed by atoms with Gasteiger partial charge in [-0.25, -0.2) is 9.78 Å². The molecule has 0 saturated heterocycles. The lowest BCUT2D eigenvalue weighted by Gasteiger charge is -2.25. The van der Waals surface area contributed by atoms with E-state index in [0.29, 0.717) is 18.5 Å². The Labute approximate surface area is 188 Å². The number of carbonyl (C=O) groups is 4. The minimum absolute atomic E-state index is 0.0674. The summed E-state index contributed by atoms with van der Waals surface area (Å²) in [5, 5.41) is 17.1. The quantitative estimate of drug-likeness (QED) is 0.242. The minimum Gasteiger partial charge on any atom is -0.480 e. The number of nitrogens with one attached hydrogen (secondary N) is 4. The molecule has 0 spiro atoms. The third-order valence-electron chi connectivity index (χ3n) is 5.20. The predicted octanol–water partition coefficient (Wildman–Crippen LogP) is -0.0694. The van der Waals surface area contributed by atoms with Gasteiger partial charge >= 0.3 is 5.97 Å². The normalized spacial score (nSPS) is 15.8. The molecule has 1 aromatic rings. The predicted molar refractivity (Wildman–Crippen MR) is 118 cm³/mol. The fraction of sp³-hybridized carbons (Fsp3) is 0.667. The summed E-state index contributed by atoms with van der Waals surface area (Å²) in [6.45, 7) is 8.90. The molecule has 0 saturated carbocycles. The Balaban J connectivity index is 2.89. The topological polar surface area (TPSA) is 179 Å². The number of carboxylic acid groups (broad SMARTS) is 1. The van der Waals surface area contributed by atoms with Crippen molar-refractivity contribution in [2.45, 2.75) is 78.0 Å². The molecule has 0 aromatic carbocycles.